The summed E-state index contributed by atoms with van der Waals surface area (Å²) in [6.45, 7) is 13.5. The van der Waals surface area contributed by atoms with Crippen LogP contribution in [0.5, 0.6) is 0 Å². The van der Waals surface area contributed by atoms with Crippen molar-refractivity contribution >= 4 is 12.9 Å². The van der Waals surface area contributed by atoms with Crippen molar-refractivity contribution in [3.63, 3.8) is 0 Å². The average molecular weight is 343 g/mol. The molecule has 0 atom stereocenters. The number of hydrogen-bond donors (Lipinski definition) is 2. The van der Waals surface area contributed by atoms with E-state index in [0.29, 0.717) is 0 Å². The maximum absolute atomic E-state index is 3.99. The zero-order valence-electron chi connectivity index (χ0n) is 15.9. The molecular formula is C21H32N2P+. The largest absolute Gasteiger partial charge is 0.185 e. The maximum atomic E-state index is 3.99. The molecule has 0 spiro atoms. The second-order valence-corrected chi connectivity index (χ2v) is 11.4. The van der Waals surface area contributed by atoms with Gasteiger partial charge < -0.3 is 0 Å². The minimum atomic E-state index is -1.81. The van der Waals surface area contributed by atoms with E-state index in [9.17, 15) is 0 Å². The van der Waals surface area contributed by atoms with Crippen molar-refractivity contribution in [1.29, 1.82) is 0 Å². The highest BCUT2D eigenvalue weighted by molar-refractivity contribution is 7.78. The van der Waals surface area contributed by atoms with Gasteiger partial charge in [0, 0.05) is 11.1 Å². The van der Waals surface area contributed by atoms with Crippen molar-refractivity contribution in [1.82, 2.24) is 10.2 Å². The fourth-order valence-corrected chi connectivity index (χ4v) is 7.40. The third-order valence-electron chi connectivity index (χ3n) is 3.51. The Bertz CT molecular complexity index is 608. The first-order chi connectivity index (χ1) is 11.1. The number of benzene rings is 2. The molecule has 2 aromatic rings. The first-order valence-corrected chi connectivity index (χ1v) is 10.6. The summed E-state index contributed by atoms with van der Waals surface area (Å²) in [4.78, 5) is 0. The van der Waals surface area contributed by atoms with Crippen LogP contribution in [0.3, 0.4) is 0 Å². The molecule has 2 aromatic carbocycles. The van der Waals surface area contributed by atoms with Gasteiger partial charge in [0.25, 0.3) is 0 Å². The molecule has 0 aromatic heterocycles. The van der Waals surface area contributed by atoms with Gasteiger partial charge in [-0.2, -0.15) is 10.2 Å². The Kier molecular flexibility index (Phi) is 5.86. The van der Waals surface area contributed by atoms with E-state index >= 15 is 0 Å². The Morgan fingerprint density at radius 2 is 1.08 bits per heavy atom. The van der Waals surface area contributed by atoms with Crippen molar-refractivity contribution in [2.75, 3.05) is 0 Å². The fraction of sp³-hybridized carbons (Fsp3) is 0.429. The summed E-state index contributed by atoms with van der Waals surface area (Å²) < 4.78 is 0. The minimum Gasteiger partial charge on any atom is -0.166 e. The molecule has 0 saturated heterocycles. The molecule has 0 unspecified atom stereocenters. The van der Waals surface area contributed by atoms with Crippen molar-refractivity contribution in [2.45, 2.75) is 58.8 Å². The molecule has 0 aliphatic heterocycles. The molecule has 0 fully saturated rings. The predicted molar refractivity (Wildman–Crippen MR) is 109 cm³/mol. The van der Waals surface area contributed by atoms with Crippen molar-refractivity contribution < 1.29 is 0 Å². The Labute approximate surface area is 148 Å². The van der Waals surface area contributed by atoms with Crippen LogP contribution in [0.4, 0.5) is 0 Å². The van der Waals surface area contributed by atoms with Crippen LogP contribution < -0.4 is 15.5 Å². The van der Waals surface area contributed by atoms with Crippen LogP contribution in [0.15, 0.2) is 60.7 Å². The summed E-state index contributed by atoms with van der Waals surface area (Å²) in [5.74, 6) is 0. The Morgan fingerprint density at radius 3 is 1.50 bits per heavy atom. The van der Waals surface area contributed by atoms with Gasteiger partial charge in [0.15, 0.2) is 7.56 Å². The van der Waals surface area contributed by atoms with E-state index in [0.717, 1.165) is 6.16 Å². The lowest BCUT2D eigenvalue weighted by Gasteiger charge is -2.38. The third-order valence-corrected chi connectivity index (χ3v) is 7.64. The topological polar surface area (TPSA) is 24.1 Å². The van der Waals surface area contributed by atoms with E-state index in [1.165, 1.54) is 10.9 Å². The molecule has 0 aliphatic carbocycles. The van der Waals surface area contributed by atoms with E-state index < -0.39 is 7.56 Å². The molecule has 0 saturated carbocycles. The molecule has 0 bridgehead atoms. The van der Waals surface area contributed by atoms with Gasteiger partial charge >= 0.3 is 0 Å². The van der Waals surface area contributed by atoms with Gasteiger partial charge in [-0.15, -0.1) is 0 Å². The molecule has 130 valence electrons. The third kappa shape index (κ3) is 5.70. The van der Waals surface area contributed by atoms with Gasteiger partial charge in [0.2, 0.25) is 0 Å². The molecule has 2 N–H and O–H groups in total. The van der Waals surface area contributed by atoms with Gasteiger partial charge in [-0.1, -0.05) is 48.5 Å². The maximum Gasteiger partial charge on any atom is 0.185 e. The van der Waals surface area contributed by atoms with Gasteiger partial charge in [-0.05, 0) is 59.2 Å². The highest BCUT2D eigenvalue weighted by atomic mass is 31.2. The summed E-state index contributed by atoms with van der Waals surface area (Å²) in [6, 6.07) is 21.7. The minimum absolute atomic E-state index is 0.0245. The standard InChI is InChI=1S/C21H32N2P/c1-20(2,3)22-24(23-21(4,5)6,19-15-11-8-12-16-19)17-18-13-9-7-10-14-18/h7-16,22-23H,17H2,1-6H3/q+1. The molecule has 0 amide bonds. The van der Waals surface area contributed by atoms with Gasteiger partial charge in [-0.3, -0.25) is 0 Å². The average Bonchev–Trinajstić information content (AvgIpc) is 2.45. The van der Waals surface area contributed by atoms with Crippen LogP contribution in [0.2, 0.25) is 0 Å². The molecule has 0 aliphatic rings. The molecule has 24 heavy (non-hydrogen) atoms. The first-order valence-electron chi connectivity index (χ1n) is 8.66. The van der Waals surface area contributed by atoms with E-state index in [4.69, 9.17) is 0 Å². The van der Waals surface area contributed by atoms with Crippen LogP contribution in [0, 0.1) is 0 Å². The fourth-order valence-electron chi connectivity index (χ4n) is 3.01. The van der Waals surface area contributed by atoms with Crippen LogP contribution in [0.1, 0.15) is 47.1 Å². The van der Waals surface area contributed by atoms with E-state index in [-0.39, 0.29) is 11.1 Å². The first kappa shape index (κ1) is 19.1. The highest BCUT2D eigenvalue weighted by Crippen LogP contribution is 2.55. The molecule has 2 rings (SSSR count). The lowest BCUT2D eigenvalue weighted by Crippen LogP contribution is -2.50. The lowest BCUT2D eigenvalue weighted by atomic mass is 10.1. The molecule has 3 heteroatoms. The molecule has 2 nitrogen and oxygen atoms in total. The summed E-state index contributed by atoms with van der Waals surface area (Å²) in [5.41, 5.74) is 1.41. The normalized spacial score (nSPS) is 13.1. The summed E-state index contributed by atoms with van der Waals surface area (Å²) in [5, 5.41) is 9.36. The lowest BCUT2D eigenvalue weighted by molar-refractivity contribution is 0.489. The van der Waals surface area contributed by atoms with E-state index in [1.807, 2.05) is 0 Å². The van der Waals surface area contributed by atoms with Crippen molar-refractivity contribution in [3.8, 4) is 0 Å². The zero-order valence-corrected chi connectivity index (χ0v) is 16.8. The summed E-state index contributed by atoms with van der Waals surface area (Å²) >= 11 is 0. The monoisotopic (exact) mass is 343 g/mol. The highest BCUT2D eigenvalue weighted by Gasteiger charge is 2.46. The van der Waals surface area contributed by atoms with Crippen LogP contribution >= 0.6 is 7.56 Å². The van der Waals surface area contributed by atoms with E-state index in [1.54, 1.807) is 0 Å². The number of nitrogens with one attached hydrogen (secondary N) is 2. The van der Waals surface area contributed by atoms with Crippen LogP contribution in [-0.2, 0) is 6.16 Å². The number of hydrogen-bond acceptors (Lipinski definition) is 2. The van der Waals surface area contributed by atoms with Crippen molar-refractivity contribution in [3.05, 3.63) is 66.2 Å². The van der Waals surface area contributed by atoms with Gasteiger partial charge in [0.05, 0.1) is 0 Å². The molecule has 0 heterocycles. The second-order valence-electron chi connectivity index (χ2n) is 8.51. The van der Waals surface area contributed by atoms with Crippen molar-refractivity contribution in [2.24, 2.45) is 0 Å². The quantitative estimate of drug-likeness (QED) is 0.735. The SMILES string of the molecule is CC(C)(C)N[P+](Cc1ccccc1)(NC(C)(C)C)c1ccccc1. The Morgan fingerprint density at radius 1 is 0.667 bits per heavy atom. The summed E-state index contributed by atoms with van der Waals surface area (Å²) in [7, 11) is -1.81. The van der Waals surface area contributed by atoms with E-state index in [2.05, 4.69) is 112 Å². The zero-order chi connectivity index (χ0) is 17.8. The van der Waals surface area contributed by atoms with Gasteiger partial charge in [0.1, 0.15) is 11.5 Å². The Hall–Kier alpha value is -1.21. The van der Waals surface area contributed by atoms with Crippen LogP contribution in [-0.4, -0.2) is 11.1 Å². The second kappa shape index (κ2) is 7.35. The number of rotatable bonds is 5. The molecule has 0 radical (unpaired) electrons. The summed E-state index contributed by atoms with van der Waals surface area (Å²) in [6.07, 6.45) is 0.992. The molecular weight excluding hydrogens is 311 g/mol. The smallest absolute Gasteiger partial charge is 0.166 e. The van der Waals surface area contributed by atoms with Crippen LogP contribution in [0.25, 0.3) is 0 Å². The van der Waals surface area contributed by atoms with Gasteiger partial charge in [-0.25, -0.2) is 0 Å². The predicted octanol–water partition coefficient (Wildman–Crippen LogP) is 5.14. The Balaban J connectivity index is 2.54.